The predicted octanol–water partition coefficient (Wildman–Crippen LogP) is 1.78. The molecule has 0 amide bonds. The zero-order chi connectivity index (χ0) is 12.7. The maximum absolute atomic E-state index is 11.1. The Kier molecular flexibility index (Phi) is 2.27. The zero-order valence-electron chi connectivity index (χ0n) is 9.27. The predicted molar refractivity (Wildman–Crippen MR) is 66.2 cm³/mol. The Morgan fingerprint density at radius 2 is 2.33 bits per heavy atom. The van der Waals surface area contributed by atoms with E-state index in [0.29, 0.717) is 10.8 Å². The summed E-state index contributed by atoms with van der Waals surface area (Å²) in [6.45, 7) is 0. The number of nitro groups is 1. The van der Waals surface area contributed by atoms with Crippen LogP contribution in [0.15, 0.2) is 23.8 Å². The number of anilines is 2. The number of hydrogen-bond donors (Lipinski definition) is 1. The van der Waals surface area contributed by atoms with E-state index in [4.69, 9.17) is 0 Å². The van der Waals surface area contributed by atoms with E-state index in [1.54, 1.807) is 35.6 Å². The number of rotatable bonds is 3. The Bertz CT molecular complexity index is 726. The normalized spacial score (nSPS) is 10.9. The molecule has 0 aliphatic carbocycles. The molecular weight excluding hydrogens is 256 g/mol. The molecule has 3 aromatic rings. The van der Waals surface area contributed by atoms with Crippen LogP contribution < -0.4 is 5.32 Å². The molecule has 0 spiro atoms. The maximum atomic E-state index is 11.1. The molecule has 18 heavy (non-hydrogen) atoms. The van der Waals surface area contributed by atoms with Crippen LogP contribution in [0, 0.1) is 10.1 Å². The first-order valence-corrected chi connectivity index (χ1v) is 5.90. The van der Waals surface area contributed by atoms with Gasteiger partial charge in [-0.3, -0.25) is 4.68 Å². The van der Waals surface area contributed by atoms with Crippen molar-refractivity contribution in [2.75, 3.05) is 5.32 Å². The standard InChI is InChI=1S/C9H8N6O2S/c1-13-3-2-6(12-13)10-7-8(15(16)17)14-4-5-18-9(14)11-7/h2-5H,1H3,(H,10,12). The smallest absolute Gasteiger partial charge is 0.358 e. The fourth-order valence-corrected chi connectivity index (χ4v) is 2.34. The highest BCUT2D eigenvalue weighted by Crippen LogP contribution is 2.29. The number of nitrogens with one attached hydrogen (secondary N) is 1. The number of aryl methyl sites for hydroxylation is 1. The summed E-state index contributed by atoms with van der Waals surface area (Å²) in [6, 6.07) is 1.72. The van der Waals surface area contributed by atoms with Crippen LogP contribution in [0.1, 0.15) is 0 Å². The molecule has 0 unspecified atom stereocenters. The van der Waals surface area contributed by atoms with Crippen LogP contribution in [0.5, 0.6) is 0 Å². The average molecular weight is 264 g/mol. The highest BCUT2D eigenvalue weighted by atomic mass is 32.1. The largest absolute Gasteiger partial charge is 0.373 e. The Labute approximate surface area is 105 Å². The van der Waals surface area contributed by atoms with Gasteiger partial charge >= 0.3 is 5.82 Å². The third-order valence-electron chi connectivity index (χ3n) is 2.37. The van der Waals surface area contributed by atoms with Crippen molar-refractivity contribution in [3.05, 3.63) is 34.0 Å². The molecule has 0 aliphatic heterocycles. The third-order valence-corrected chi connectivity index (χ3v) is 3.13. The fraction of sp³-hybridized carbons (Fsp3) is 0.111. The Hall–Kier alpha value is -2.42. The molecule has 92 valence electrons. The molecule has 3 aromatic heterocycles. The average Bonchev–Trinajstić information content (AvgIpc) is 2.93. The number of thiazole rings is 1. The van der Waals surface area contributed by atoms with Crippen molar-refractivity contribution in [1.82, 2.24) is 19.2 Å². The summed E-state index contributed by atoms with van der Waals surface area (Å²) in [5, 5.41) is 19.8. The molecule has 1 N–H and O–H groups in total. The number of imidazole rings is 1. The van der Waals surface area contributed by atoms with Gasteiger partial charge in [0.1, 0.15) is 6.20 Å². The zero-order valence-corrected chi connectivity index (χ0v) is 10.1. The van der Waals surface area contributed by atoms with E-state index in [1.807, 2.05) is 0 Å². The first-order valence-electron chi connectivity index (χ1n) is 5.02. The number of hydrogen-bond acceptors (Lipinski definition) is 6. The molecule has 3 rings (SSSR count). The summed E-state index contributed by atoms with van der Waals surface area (Å²) in [5.74, 6) is 0.633. The molecule has 0 aliphatic rings. The lowest BCUT2D eigenvalue weighted by Gasteiger charge is -1.98. The number of nitrogens with zero attached hydrogens (tertiary/aromatic N) is 5. The lowest BCUT2D eigenvalue weighted by Crippen LogP contribution is -1.99. The fourth-order valence-electron chi connectivity index (χ4n) is 1.64. The lowest BCUT2D eigenvalue weighted by atomic mass is 10.5. The Balaban J connectivity index is 2.08. The van der Waals surface area contributed by atoms with Crippen LogP contribution in [-0.4, -0.2) is 24.1 Å². The quantitative estimate of drug-likeness (QED) is 0.575. The second kappa shape index (κ2) is 3.81. The van der Waals surface area contributed by atoms with Crippen molar-refractivity contribution in [2.24, 2.45) is 7.05 Å². The molecule has 0 bridgehead atoms. The molecule has 3 heterocycles. The van der Waals surface area contributed by atoms with E-state index >= 15 is 0 Å². The van der Waals surface area contributed by atoms with Gasteiger partial charge in [0.25, 0.3) is 4.96 Å². The number of aromatic nitrogens is 4. The van der Waals surface area contributed by atoms with E-state index in [0.717, 1.165) is 0 Å². The van der Waals surface area contributed by atoms with Crippen molar-refractivity contribution in [2.45, 2.75) is 0 Å². The first-order chi connectivity index (χ1) is 8.65. The van der Waals surface area contributed by atoms with Crippen molar-refractivity contribution in [1.29, 1.82) is 0 Å². The van der Waals surface area contributed by atoms with Crippen LogP contribution in [0.3, 0.4) is 0 Å². The van der Waals surface area contributed by atoms with E-state index < -0.39 is 4.92 Å². The van der Waals surface area contributed by atoms with Gasteiger partial charge in [-0.15, -0.1) is 0 Å². The minimum Gasteiger partial charge on any atom is -0.358 e. The molecule has 0 fully saturated rings. The van der Waals surface area contributed by atoms with Gasteiger partial charge in [-0.1, -0.05) is 11.3 Å². The third kappa shape index (κ3) is 1.61. The monoisotopic (exact) mass is 264 g/mol. The minimum atomic E-state index is -0.460. The van der Waals surface area contributed by atoms with Crippen LogP contribution in [-0.2, 0) is 7.05 Å². The number of fused-ring (bicyclic) bond motifs is 1. The summed E-state index contributed by atoms with van der Waals surface area (Å²) in [7, 11) is 1.77. The second-order valence-corrected chi connectivity index (χ2v) is 4.47. The van der Waals surface area contributed by atoms with E-state index in [1.165, 1.54) is 15.7 Å². The van der Waals surface area contributed by atoms with Gasteiger partial charge in [0.2, 0.25) is 5.82 Å². The molecule has 0 radical (unpaired) electrons. The van der Waals surface area contributed by atoms with Gasteiger partial charge in [-0.2, -0.15) is 14.5 Å². The molecule has 9 heteroatoms. The van der Waals surface area contributed by atoms with Crippen LogP contribution in [0.2, 0.25) is 0 Å². The first kappa shape index (κ1) is 10.7. The van der Waals surface area contributed by atoms with E-state index in [2.05, 4.69) is 15.4 Å². The molecule has 0 saturated carbocycles. The highest BCUT2D eigenvalue weighted by molar-refractivity contribution is 7.15. The molecular formula is C9H8N6O2S. The van der Waals surface area contributed by atoms with Crippen LogP contribution in [0.25, 0.3) is 4.96 Å². The summed E-state index contributed by atoms with van der Waals surface area (Å²) in [6.07, 6.45) is 3.36. The summed E-state index contributed by atoms with van der Waals surface area (Å²) in [4.78, 5) is 15.4. The topological polar surface area (TPSA) is 90.3 Å². The van der Waals surface area contributed by atoms with Gasteiger partial charge in [0.05, 0.1) is 0 Å². The Morgan fingerprint density at radius 3 is 3.00 bits per heavy atom. The molecule has 0 saturated heterocycles. The van der Waals surface area contributed by atoms with E-state index in [-0.39, 0.29) is 11.6 Å². The summed E-state index contributed by atoms with van der Waals surface area (Å²) >= 11 is 1.34. The highest BCUT2D eigenvalue weighted by Gasteiger charge is 2.23. The van der Waals surface area contributed by atoms with Crippen molar-refractivity contribution in [3.63, 3.8) is 0 Å². The van der Waals surface area contributed by atoms with Crippen LogP contribution >= 0.6 is 11.3 Å². The molecule has 0 atom stereocenters. The van der Waals surface area contributed by atoms with Gasteiger partial charge in [-0.05, 0) is 4.92 Å². The molecule has 8 nitrogen and oxygen atoms in total. The Morgan fingerprint density at radius 1 is 1.50 bits per heavy atom. The van der Waals surface area contributed by atoms with Gasteiger partial charge in [-0.25, -0.2) is 0 Å². The summed E-state index contributed by atoms with van der Waals surface area (Å²) in [5.41, 5.74) is 0. The SMILES string of the molecule is Cn1ccc(Nc2nc3sccn3c2[N+](=O)[O-])n1. The van der Waals surface area contributed by atoms with Crippen molar-refractivity contribution in [3.8, 4) is 0 Å². The second-order valence-electron chi connectivity index (χ2n) is 3.60. The van der Waals surface area contributed by atoms with Crippen LogP contribution in [0.4, 0.5) is 17.5 Å². The van der Waals surface area contributed by atoms with Gasteiger partial charge in [0, 0.05) is 24.7 Å². The molecule has 0 aromatic carbocycles. The van der Waals surface area contributed by atoms with E-state index in [9.17, 15) is 10.1 Å². The summed E-state index contributed by atoms with van der Waals surface area (Å²) < 4.78 is 3.04. The van der Waals surface area contributed by atoms with Gasteiger partial charge in [0.15, 0.2) is 5.82 Å². The lowest BCUT2D eigenvalue weighted by molar-refractivity contribution is -0.389. The van der Waals surface area contributed by atoms with Crippen molar-refractivity contribution >= 4 is 33.8 Å². The van der Waals surface area contributed by atoms with Gasteiger partial charge < -0.3 is 15.4 Å². The van der Waals surface area contributed by atoms with Crippen molar-refractivity contribution < 1.29 is 4.92 Å². The maximum Gasteiger partial charge on any atom is 0.373 e. The minimum absolute atomic E-state index is 0.0862.